The van der Waals surface area contributed by atoms with Crippen LogP contribution in [0.2, 0.25) is 0 Å². The molecule has 0 spiro atoms. The molecule has 3 fully saturated rings. The van der Waals surface area contributed by atoms with Crippen LogP contribution in [0.1, 0.15) is 6.42 Å². The summed E-state index contributed by atoms with van der Waals surface area (Å²) in [5.41, 5.74) is 2.72. The quantitative estimate of drug-likeness (QED) is 0.504. The van der Waals surface area contributed by atoms with Crippen molar-refractivity contribution in [3.8, 4) is 0 Å². The zero-order chi connectivity index (χ0) is 11.0. The maximum absolute atomic E-state index is 12.1. The van der Waals surface area contributed by atoms with Crippen molar-refractivity contribution in [1.82, 2.24) is 10.4 Å². The second kappa shape index (κ2) is 2.56. The van der Waals surface area contributed by atoms with Gasteiger partial charge in [0.05, 0.1) is 11.8 Å². The Morgan fingerprint density at radius 2 is 1.62 bits per heavy atom. The molecule has 0 aromatic carbocycles. The minimum absolute atomic E-state index is 0.0119. The zero-order valence-corrected chi connectivity index (χ0v) is 9.09. The van der Waals surface area contributed by atoms with E-state index in [-0.39, 0.29) is 23.7 Å². The van der Waals surface area contributed by atoms with E-state index in [4.69, 9.17) is 0 Å². The molecule has 2 bridgehead atoms. The van der Waals surface area contributed by atoms with E-state index in [9.17, 15) is 9.59 Å². The van der Waals surface area contributed by atoms with Gasteiger partial charge < -0.3 is 0 Å². The van der Waals surface area contributed by atoms with Crippen LogP contribution in [0.5, 0.6) is 0 Å². The van der Waals surface area contributed by atoms with Gasteiger partial charge in [0.1, 0.15) is 0 Å². The first kappa shape index (κ1) is 8.93. The van der Waals surface area contributed by atoms with Gasteiger partial charge in [0.25, 0.3) is 0 Å². The Balaban J connectivity index is 1.81. The average molecular weight is 218 g/mol. The first-order valence-corrected chi connectivity index (χ1v) is 5.97. The molecule has 1 aliphatic heterocycles. The number of nitrogens with one attached hydrogen (secondary N) is 1. The highest BCUT2D eigenvalue weighted by Gasteiger charge is 2.67. The Hall–Kier alpha value is -1.16. The first-order valence-electron chi connectivity index (χ1n) is 5.97. The van der Waals surface area contributed by atoms with Crippen LogP contribution in [0, 0.1) is 35.5 Å². The van der Waals surface area contributed by atoms with Crippen molar-refractivity contribution >= 4 is 11.8 Å². The van der Waals surface area contributed by atoms with E-state index in [0.717, 1.165) is 0 Å². The van der Waals surface area contributed by atoms with Gasteiger partial charge >= 0.3 is 0 Å². The summed E-state index contributed by atoms with van der Waals surface area (Å²) in [5.74, 6) is 1.86. The summed E-state index contributed by atoms with van der Waals surface area (Å²) in [6.07, 6.45) is 5.59. The summed E-state index contributed by atoms with van der Waals surface area (Å²) >= 11 is 0. The molecule has 0 radical (unpaired) electrons. The van der Waals surface area contributed by atoms with Crippen molar-refractivity contribution in [2.45, 2.75) is 6.42 Å². The molecule has 84 valence electrons. The Morgan fingerprint density at radius 1 is 1.12 bits per heavy atom. The lowest BCUT2D eigenvalue weighted by atomic mass is 9.63. The predicted octanol–water partition coefficient (Wildman–Crippen LogP) is 0.174. The molecule has 0 aromatic rings. The molecular formula is C12H14N2O2. The summed E-state index contributed by atoms with van der Waals surface area (Å²) < 4.78 is 0. The highest BCUT2D eigenvalue weighted by molar-refractivity contribution is 6.05. The van der Waals surface area contributed by atoms with Crippen molar-refractivity contribution in [3.05, 3.63) is 12.2 Å². The van der Waals surface area contributed by atoms with E-state index in [1.165, 1.54) is 11.4 Å². The molecular weight excluding hydrogens is 204 g/mol. The molecule has 6 atom stereocenters. The maximum Gasteiger partial charge on any atom is 0.248 e. The minimum Gasteiger partial charge on any atom is -0.273 e. The van der Waals surface area contributed by atoms with Crippen LogP contribution < -0.4 is 5.43 Å². The van der Waals surface area contributed by atoms with Crippen LogP contribution in [0.4, 0.5) is 0 Å². The normalized spacial score (nSPS) is 51.9. The number of hydrazine groups is 1. The van der Waals surface area contributed by atoms with Gasteiger partial charge in [-0.25, -0.2) is 10.4 Å². The second-order valence-corrected chi connectivity index (χ2v) is 5.39. The number of imide groups is 1. The molecule has 2 unspecified atom stereocenters. The van der Waals surface area contributed by atoms with E-state index in [2.05, 4.69) is 17.6 Å². The Morgan fingerprint density at radius 3 is 2.06 bits per heavy atom. The number of amides is 2. The summed E-state index contributed by atoms with van der Waals surface area (Å²) in [5, 5.41) is 1.23. The van der Waals surface area contributed by atoms with Crippen LogP contribution in [0.3, 0.4) is 0 Å². The number of hydrogen-bond acceptors (Lipinski definition) is 3. The highest BCUT2D eigenvalue weighted by Crippen LogP contribution is 2.65. The molecule has 2 saturated carbocycles. The lowest BCUT2D eigenvalue weighted by Gasteiger charge is -2.37. The smallest absolute Gasteiger partial charge is 0.248 e. The first-order chi connectivity index (χ1) is 7.74. The predicted molar refractivity (Wildman–Crippen MR) is 55.6 cm³/mol. The SMILES string of the molecule is CNN1C(=O)[C@@H]2C3C=CC([C@H]4C[C@@H]34)[C@@H]2C1=O. The molecule has 1 saturated heterocycles. The summed E-state index contributed by atoms with van der Waals surface area (Å²) in [6, 6.07) is 0. The molecule has 5 aliphatic rings. The standard InChI is InChI=1S/C12H14N2O2/c1-13-14-11(15)9-5-2-3-6(8-4-7(5)8)10(9)12(14)16/h2-3,5-10,13H,4H2,1H3/t5?,6?,7-,8+,9+,10-. The molecule has 1 heterocycles. The van der Waals surface area contributed by atoms with Crippen molar-refractivity contribution in [3.63, 3.8) is 0 Å². The van der Waals surface area contributed by atoms with Gasteiger partial charge in [-0.2, -0.15) is 0 Å². The molecule has 4 nitrogen and oxygen atoms in total. The third-order valence-electron chi connectivity index (χ3n) is 4.89. The monoisotopic (exact) mass is 218 g/mol. The second-order valence-electron chi connectivity index (χ2n) is 5.39. The molecule has 0 aromatic heterocycles. The van der Waals surface area contributed by atoms with Crippen molar-refractivity contribution < 1.29 is 9.59 Å². The fourth-order valence-corrected chi connectivity index (χ4v) is 4.18. The van der Waals surface area contributed by atoms with Crippen molar-refractivity contribution in [2.75, 3.05) is 7.05 Å². The fraction of sp³-hybridized carbons (Fsp3) is 0.667. The Bertz CT molecular complexity index is 395. The van der Waals surface area contributed by atoms with E-state index < -0.39 is 0 Å². The van der Waals surface area contributed by atoms with Crippen LogP contribution >= 0.6 is 0 Å². The number of carbonyl (C=O) groups excluding carboxylic acids is 2. The van der Waals surface area contributed by atoms with E-state index >= 15 is 0 Å². The van der Waals surface area contributed by atoms with Gasteiger partial charge in [-0.1, -0.05) is 12.2 Å². The molecule has 5 rings (SSSR count). The van der Waals surface area contributed by atoms with E-state index in [0.29, 0.717) is 23.7 Å². The van der Waals surface area contributed by atoms with Gasteiger partial charge in [-0.15, -0.1) is 0 Å². The summed E-state index contributed by atoms with van der Waals surface area (Å²) in [4.78, 5) is 24.3. The van der Waals surface area contributed by atoms with Crippen molar-refractivity contribution in [1.29, 1.82) is 0 Å². The fourth-order valence-electron chi connectivity index (χ4n) is 4.18. The minimum atomic E-state index is -0.0706. The van der Waals surface area contributed by atoms with Gasteiger partial charge in [0.2, 0.25) is 11.8 Å². The zero-order valence-electron chi connectivity index (χ0n) is 9.09. The number of carbonyl (C=O) groups is 2. The van der Waals surface area contributed by atoms with E-state index in [1.54, 1.807) is 7.05 Å². The largest absolute Gasteiger partial charge is 0.273 e. The number of rotatable bonds is 1. The molecule has 4 aliphatic carbocycles. The topological polar surface area (TPSA) is 49.4 Å². The Kier molecular flexibility index (Phi) is 1.43. The third kappa shape index (κ3) is 0.786. The van der Waals surface area contributed by atoms with Crippen LogP contribution in [-0.2, 0) is 9.59 Å². The molecule has 1 N–H and O–H groups in total. The number of allylic oxidation sites excluding steroid dienone is 2. The van der Waals surface area contributed by atoms with Crippen molar-refractivity contribution in [2.24, 2.45) is 35.5 Å². The van der Waals surface area contributed by atoms with Gasteiger partial charge in [0.15, 0.2) is 0 Å². The summed E-state index contributed by atoms with van der Waals surface area (Å²) in [6.45, 7) is 0. The molecule has 4 heteroatoms. The van der Waals surface area contributed by atoms with Crippen LogP contribution in [0.25, 0.3) is 0 Å². The van der Waals surface area contributed by atoms with Crippen LogP contribution in [0.15, 0.2) is 12.2 Å². The molecule has 16 heavy (non-hydrogen) atoms. The third-order valence-corrected chi connectivity index (χ3v) is 4.89. The molecule has 2 amide bonds. The maximum atomic E-state index is 12.1. The average Bonchev–Trinajstić information content (AvgIpc) is 3.05. The van der Waals surface area contributed by atoms with Gasteiger partial charge in [0, 0.05) is 7.05 Å². The number of hydrogen-bond donors (Lipinski definition) is 1. The number of nitrogens with zero attached hydrogens (tertiary/aromatic N) is 1. The Labute approximate surface area is 93.6 Å². The van der Waals surface area contributed by atoms with Gasteiger partial charge in [-0.3, -0.25) is 9.59 Å². The van der Waals surface area contributed by atoms with Gasteiger partial charge in [-0.05, 0) is 30.1 Å². The lowest BCUT2D eigenvalue weighted by molar-refractivity contribution is -0.143. The van der Waals surface area contributed by atoms with Crippen LogP contribution in [-0.4, -0.2) is 23.9 Å². The summed E-state index contributed by atoms with van der Waals surface area (Å²) in [7, 11) is 1.64. The highest BCUT2D eigenvalue weighted by atomic mass is 16.2. The lowest BCUT2D eigenvalue weighted by Crippen LogP contribution is -2.41. The van der Waals surface area contributed by atoms with E-state index in [1.807, 2.05) is 0 Å².